The van der Waals surface area contributed by atoms with E-state index >= 15 is 0 Å². The highest BCUT2D eigenvalue weighted by atomic mass is 16.5. The molecule has 0 atom stereocenters. The zero-order chi connectivity index (χ0) is 10.8. The van der Waals surface area contributed by atoms with E-state index in [1.165, 1.54) is 13.2 Å². The predicted octanol–water partition coefficient (Wildman–Crippen LogP) is 2.04. The normalized spacial score (nSPS) is 16.0. The number of ether oxygens (including phenoxy) is 2. The molecule has 0 N–H and O–H groups in total. The van der Waals surface area contributed by atoms with E-state index in [0.717, 1.165) is 16.7 Å². The van der Waals surface area contributed by atoms with Gasteiger partial charge in [-0.3, -0.25) is 0 Å². The number of benzene rings is 1. The third-order valence-electron chi connectivity index (χ3n) is 2.44. The smallest absolute Gasteiger partial charge is 0.334 e. The molecule has 15 heavy (non-hydrogen) atoms. The van der Waals surface area contributed by atoms with Crippen molar-refractivity contribution in [3.8, 4) is 0 Å². The van der Waals surface area contributed by atoms with Crippen molar-refractivity contribution in [2.45, 2.75) is 13.5 Å². The molecule has 1 aliphatic rings. The first-order valence-electron chi connectivity index (χ1n) is 4.73. The van der Waals surface area contributed by atoms with Crippen LogP contribution in [0, 0.1) is 6.92 Å². The molecule has 78 valence electrons. The fourth-order valence-corrected chi connectivity index (χ4v) is 1.71. The zero-order valence-corrected chi connectivity index (χ0v) is 8.74. The molecular weight excluding hydrogens is 192 g/mol. The summed E-state index contributed by atoms with van der Waals surface area (Å²) in [5.41, 5.74) is 3.24. The van der Waals surface area contributed by atoms with Gasteiger partial charge in [-0.15, -0.1) is 0 Å². The highest BCUT2D eigenvalue weighted by Crippen LogP contribution is 2.31. The van der Waals surface area contributed by atoms with Crippen LogP contribution in [0.4, 0.5) is 0 Å². The molecule has 0 amide bonds. The molecule has 0 spiro atoms. The van der Waals surface area contributed by atoms with E-state index < -0.39 is 0 Å². The highest BCUT2D eigenvalue weighted by molar-refractivity contribution is 5.91. The molecule has 0 aromatic heterocycles. The first kappa shape index (κ1) is 9.77. The lowest BCUT2D eigenvalue weighted by Crippen LogP contribution is -1.97. The maximum Gasteiger partial charge on any atom is 0.334 e. The molecule has 0 aliphatic carbocycles. The molecule has 0 radical (unpaired) electrons. The minimum Gasteiger partial charge on any atom is -0.488 e. The molecule has 1 aliphatic heterocycles. The van der Waals surface area contributed by atoms with E-state index in [2.05, 4.69) is 4.74 Å². The van der Waals surface area contributed by atoms with Gasteiger partial charge in [0.25, 0.3) is 0 Å². The van der Waals surface area contributed by atoms with Crippen molar-refractivity contribution < 1.29 is 14.3 Å². The number of carbonyl (C=O) groups is 1. The van der Waals surface area contributed by atoms with Gasteiger partial charge in [-0.2, -0.15) is 0 Å². The van der Waals surface area contributed by atoms with Crippen molar-refractivity contribution in [3.63, 3.8) is 0 Å². The summed E-state index contributed by atoms with van der Waals surface area (Å²) in [5, 5.41) is 0. The fraction of sp³-hybridized carbons (Fsp3) is 0.250. The molecule has 3 nitrogen and oxygen atoms in total. The molecular formula is C12H12O3. The number of aryl methyl sites for hydroxylation is 1. The second-order valence-corrected chi connectivity index (χ2v) is 3.43. The SMILES string of the molecule is COC(=O)/C=C1\OCc2cccc(C)c21. The topological polar surface area (TPSA) is 35.5 Å². The Morgan fingerprint density at radius 3 is 3.07 bits per heavy atom. The fourth-order valence-electron chi connectivity index (χ4n) is 1.71. The Balaban J connectivity index is 2.44. The summed E-state index contributed by atoms with van der Waals surface area (Å²) < 4.78 is 10.0. The van der Waals surface area contributed by atoms with E-state index in [9.17, 15) is 4.79 Å². The molecule has 0 saturated heterocycles. The molecule has 0 saturated carbocycles. The van der Waals surface area contributed by atoms with E-state index in [-0.39, 0.29) is 5.97 Å². The van der Waals surface area contributed by atoms with Crippen LogP contribution in [0.1, 0.15) is 16.7 Å². The molecule has 1 aromatic carbocycles. The predicted molar refractivity (Wildman–Crippen MR) is 56.0 cm³/mol. The zero-order valence-electron chi connectivity index (χ0n) is 8.74. The summed E-state index contributed by atoms with van der Waals surface area (Å²) in [7, 11) is 1.35. The van der Waals surface area contributed by atoms with E-state index in [4.69, 9.17) is 4.74 Å². The van der Waals surface area contributed by atoms with Crippen LogP contribution in [0.15, 0.2) is 24.3 Å². The quantitative estimate of drug-likeness (QED) is 0.518. The lowest BCUT2D eigenvalue weighted by molar-refractivity contribution is -0.134. The lowest BCUT2D eigenvalue weighted by Gasteiger charge is -2.02. The lowest BCUT2D eigenvalue weighted by atomic mass is 10.0. The summed E-state index contributed by atoms with van der Waals surface area (Å²) in [5.74, 6) is 0.219. The van der Waals surface area contributed by atoms with Gasteiger partial charge in [-0.1, -0.05) is 18.2 Å². The molecule has 1 aromatic rings. The van der Waals surface area contributed by atoms with Gasteiger partial charge in [0.15, 0.2) is 0 Å². The maximum atomic E-state index is 11.1. The first-order chi connectivity index (χ1) is 7.22. The number of esters is 1. The van der Waals surface area contributed by atoms with Crippen LogP contribution in [0.25, 0.3) is 5.76 Å². The average molecular weight is 204 g/mol. The molecule has 0 fully saturated rings. The summed E-state index contributed by atoms with van der Waals surface area (Å²) in [4.78, 5) is 11.1. The van der Waals surface area contributed by atoms with Gasteiger partial charge in [0.05, 0.1) is 13.2 Å². The minimum absolute atomic E-state index is 0.388. The Kier molecular flexibility index (Phi) is 2.46. The Labute approximate surface area is 88.3 Å². The number of carbonyl (C=O) groups excluding carboxylic acids is 1. The molecule has 0 bridgehead atoms. The van der Waals surface area contributed by atoms with Crippen LogP contribution in [0.5, 0.6) is 0 Å². The van der Waals surface area contributed by atoms with Gasteiger partial charge < -0.3 is 9.47 Å². The van der Waals surface area contributed by atoms with Crippen molar-refractivity contribution in [1.29, 1.82) is 0 Å². The van der Waals surface area contributed by atoms with Gasteiger partial charge >= 0.3 is 5.97 Å². The summed E-state index contributed by atoms with van der Waals surface area (Å²) >= 11 is 0. The van der Waals surface area contributed by atoms with Crippen molar-refractivity contribution >= 4 is 11.7 Å². The van der Waals surface area contributed by atoms with Crippen molar-refractivity contribution in [3.05, 3.63) is 41.0 Å². The van der Waals surface area contributed by atoms with Crippen molar-refractivity contribution in [2.24, 2.45) is 0 Å². The Morgan fingerprint density at radius 1 is 1.53 bits per heavy atom. The number of rotatable bonds is 1. The largest absolute Gasteiger partial charge is 0.488 e. The van der Waals surface area contributed by atoms with Crippen LogP contribution in [0.3, 0.4) is 0 Å². The van der Waals surface area contributed by atoms with Gasteiger partial charge in [0.2, 0.25) is 0 Å². The Hall–Kier alpha value is -1.77. The second kappa shape index (κ2) is 3.77. The summed E-state index contributed by atoms with van der Waals surface area (Å²) in [6.07, 6.45) is 1.39. The third kappa shape index (κ3) is 1.73. The van der Waals surface area contributed by atoms with E-state index in [1.54, 1.807) is 0 Å². The van der Waals surface area contributed by atoms with Crippen LogP contribution in [-0.2, 0) is 20.9 Å². The van der Waals surface area contributed by atoms with Crippen LogP contribution in [0.2, 0.25) is 0 Å². The summed E-state index contributed by atoms with van der Waals surface area (Å²) in [6.45, 7) is 2.53. The Bertz CT molecular complexity index is 432. The highest BCUT2D eigenvalue weighted by Gasteiger charge is 2.20. The average Bonchev–Trinajstić information content (AvgIpc) is 2.63. The van der Waals surface area contributed by atoms with Gasteiger partial charge in [-0.25, -0.2) is 4.79 Å². The van der Waals surface area contributed by atoms with E-state index in [1.807, 2.05) is 25.1 Å². The number of hydrogen-bond acceptors (Lipinski definition) is 3. The van der Waals surface area contributed by atoms with Crippen molar-refractivity contribution in [1.82, 2.24) is 0 Å². The van der Waals surface area contributed by atoms with Gasteiger partial charge in [-0.05, 0) is 12.5 Å². The molecule has 3 heteroatoms. The monoisotopic (exact) mass is 204 g/mol. The summed E-state index contributed by atoms with van der Waals surface area (Å²) in [6, 6.07) is 5.98. The number of fused-ring (bicyclic) bond motifs is 1. The third-order valence-corrected chi connectivity index (χ3v) is 2.44. The van der Waals surface area contributed by atoms with Gasteiger partial charge in [0.1, 0.15) is 12.4 Å². The maximum absolute atomic E-state index is 11.1. The van der Waals surface area contributed by atoms with E-state index in [0.29, 0.717) is 12.4 Å². The van der Waals surface area contributed by atoms with Crippen LogP contribution >= 0.6 is 0 Å². The number of methoxy groups -OCH3 is 1. The van der Waals surface area contributed by atoms with Crippen LogP contribution < -0.4 is 0 Å². The standard InChI is InChI=1S/C12H12O3/c1-8-4-3-5-9-7-15-10(12(8)9)6-11(13)14-2/h3-6H,7H2,1-2H3/b10-6-. The minimum atomic E-state index is -0.388. The molecule has 1 heterocycles. The Morgan fingerprint density at radius 2 is 2.33 bits per heavy atom. The first-order valence-corrected chi connectivity index (χ1v) is 4.73. The van der Waals surface area contributed by atoms with Crippen LogP contribution in [-0.4, -0.2) is 13.1 Å². The van der Waals surface area contributed by atoms with Crippen molar-refractivity contribution in [2.75, 3.05) is 7.11 Å². The number of hydrogen-bond donors (Lipinski definition) is 0. The molecule has 2 rings (SSSR count). The second-order valence-electron chi connectivity index (χ2n) is 3.43. The van der Waals surface area contributed by atoms with Gasteiger partial charge in [0, 0.05) is 11.1 Å². The molecule has 0 unspecified atom stereocenters.